The van der Waals surface area contributed by atoms with Gasteiger partial charge in [0.25, 0.3) is 0 Å². The molecule has 1 aliphatic heterocycles. The van der Waals surface area contributed by atoms with Crippen LogP contribution in [0.3, 0.4) is 0 Å². The molecule has 3 nitrogen and oxygen atoms in total. The van der Waals surface area contributed by atoms with Crippen LogP contribution in [0.5, 0.6) is 0 Å². The van der Waals surface area contributed by atoms with Crippen LogP contribution in [-0.2, 0) is 6.42 Å². The summed E-state index contributed by atoms with van der Waals surface area (Å²) in [5.74, 6) is 0. The van der Waals surface area contributed by atoms with Gasteiger partial charge < -0.3 is 10.4 Å². The first kappa shape index (κ1) is 15.7. The molecule has 0 atom stereocenters. The Bertz CT molecular complexity index is 289. The Morgan fingerprint density at radius 1 is 1.19 bits per heavy atom. The molecule has 2 heterocycles. The highest BCUT2D eigenvalue weighted by molar-refractivity contribution is 5.85. The van der Waals surface area contributed by atoms with Gasteiger partial charge >= 0.3 is 0 Å². The van der Waals surface area contributed by atoms with E-state index in [0.717, 1.165) is 32.4 Å². The maximum absolute atomic E-state index is 10.3. The van der Waals surface area contributed by atoms with E-state index in [2.05, 4.69) is 10.3 Å². The summed E-state index contributed by atoms with van der Waals surface area (Å²) in [5, 5.41) is 13.5. The summed E-state index contributed by atoms with van der Waals surface area (Å²) in [6.45, 7) is 1.84. The van der Waals surface area contributed by atoms with Gasteiger partial charge in [-0.1, -0.05) is 0 Å². The van der Waals surface area contributed by atoms with Crippen LogP contribution in [0.2, 0.25) is 0 Å². The van der Waals surface area contributed by atoms with E-state index in [1.54, 1.807) is 12.4 Å². The average molecular weight is 265 g/mol. The summed E-state index contributed by atoms with van der Waals surface area (Å²) in [7, 11) is 0. The predicted octanol–water partition coefficient (Wildman–Crippen LogP) is 1.58. The third kappa shape index (κ3) is 4.26. The highest BCUT2D eigenvalue weighted by atomic mass is 35.5. The van der Waals surface area contributed by atoms with Gasteiger partial charge in [-0.15, -0.1) is 24.8 Å². The molecule has 16 heavy (non-hydrogen) atoms. The zero-order chi connectivity index (χ0) is 9.86. The maximum Gasteiger partial charge on any atom is 0.0712 e. The fraction of sp³-hybridized carbons (Fsp3) is 0.545. The van der Waals surface area contributed by atoms with E-state index in [-0.39, 0.29) is 24.8 Å². The molecule has 2 N–H and O–H groups in total. The topological polar surface area (TPSA) is 45.2 Å². The number of aromatic nitrogens is 1. The van der Waals surface area contributed by atoms with Crippen LogP contribution in [0.15, 0.2) is 24.5 Å². The van der Waals surface area contributed by atoms with Crippen molar-refractivity contribution in [1.29, 1.82) is 0 Å². The summed E-state index contributed by atoms with van der Waals surface area (Å²) in [6, 6.07) is 3.94. The molecule has 0 aliphatic carbocycles. The van der Waals surface area contributed by atoms with E-state index < -0.39 is 5.60 Å². The van der Waals surface area contributed by atoms with Crippen molar-refractivity contribution >= 4 is 24.8 Å². The largest absolute Gasteiger partial charge is 0.389 e. The van der Waals surface area contributed by atoms with Gasteiger partial charge in [-0.25, -0.2) is 0 Å². The number of hydrogen-bond donors (Lipinski definition) is 2. The number of pyridine rings is 1. The Hall–Kier alpha value is -0.350. The first-order chi connectivity index (χ1) is 6.79. The molecule has 5 heteroatoms. The minimum atomic E-state index is -0.507. The number of nitrogens with zero attached hydrogens (tertiary/aromatic N) is 1. The first-order valence-electron chi connectivity index (χ1n) is 5.11. The van der Waals surface area contributed by atoms with Crippen molar-refractivity contribution in [3.05, 3.63) is 30.1 Å². The predicted molar refractivity (Wildman–Crippen MR) is 69.5 cm³/mol. The summed E-state index contributed by atoms with van der Waals surface area (Å²) >= 11 is 0. The van der Waals surface area contributed by atoms with E-state index in [4.69, 9.17) is 0 Å². The van der Waals surface area contributed by atoms with Gasteiger partial charge in [0.15, 0.2) is 0 Å². The second-order valence-electron chi connectivity index (χ2n) is 4.01. The summed E-state index contributed by atoms with van der Waals surface area (Å²) in [5.41, 5.74) is 0.663. The third-order valence-electron chi connectivity index (χ3n) is 2.82. The lowest BCUT2D eigenvalue weighted by Gasteiger charge is -2.32. The molecule has 92 valence electrons. The number of halogens is 2. The molecule has 0 spiro atoms. The van der Waals surface area contributed by atoms with Crippen LogP contribution in [0.4, 0.5) is 0 Å². The standard InChI is InChI=1S/C11H16N2O.2ClH/c14-11(3-7-13-8-4-11)9-10-1-5-12-6-2-10;;/h1-2,5-6,13-14H,3-4,7-9H2;2*1H. The van der Waals surface area contributed by atoms with Crippen molar-refractivity contribution in [2.24, 2.45) is 0 Å². The van der Waals surface area contributed by atoms with Crippen LogP contribution in [0, 0.1) is 0 Å². The molecule has 1 saturated heterocycles. The van der Waals surface area contributed by atoms with Gasteiger partial charge in [0.1, 0.15) is 0 Å². The van der Waals surface area contributed by atoms with Crippen LogP contribution in [0.25, 0.3) is 0 Å². The highest BCUT2D eigenvalue weighted by Gasteiger charge is 2.28. The number of aliphatic hydroxyl groups is 1. The van der Waals surface area contributed by atoms with Crippen molar-refractivity contribution in [3.63, 3.8) is 0 Å². The second kappa shape index (κ2) is 7.07. The quantitative estimate of drug-likeness (QED) is 0.853. The van der Waals surface area contributed by atoms with Gasteiger partial charge in [0.05, 0.1) is 5.60 Å². The van der Waals surface area contributed by atoms with E-state index >= 15 is 0 Å². The molecule has 1 aromatic rings. The van der Waals surface area contributed by atoms with Gasteiger partial charge in [-0.3, -0.25) is 4.98 Å². The van der Waals surface area contributed by atoms with E-state index in [1.165, 1.54) is 5.56 Å². The molecule has 0 bridgehead atoms. The fourth-order valence-corrected chi connectivity index (χ4v) is 1.95. The van der Waals surface area contributed by atoms with Gasteiger partial charge in [0, 0.05) is 18.8 Å². The average Bonchev–Trinajstić information content (AvgIpc) is 2.19. The Morgan fingerprint density at radius 3 is 2.31 bits per heavy atom. The molecule has 0 unspecified atom stereocenters. The number of hydrogen-bond acceptors (Lipinski definition) is 3. The van der Waals surface area contributed by atoms with Crippen LogP contribution < -0.4 is 5.32 Å². The van der Waals surface area contributed by atoms with Gasteiger partial charge in [0.2, 0.25) is 0 Å². The van der Waals surface area contributed by atoms with Crippen LogP contribution >= 0.6 is 24.8 Å². The molecule has 0 aromatic carbocycles. The fourth-order valence-electron chi connectivity index (χ4n) is 1.95. The van der Waals surface area contributed by atoms with Crippen molar-refractivity contribution in [2.45, 2.75) is 24.9 Å². The van der Waals surface area contributed by atoms with Crippen molar-refractivity contribution < 1.29 is 5.11 Å². The zero-order valence-electron chi connectivity index (χ0n) is 9.06. The SMILES string of the molecule is Cl.Cl.OC1(Cc2ccncc2)CCNCC1. The van der Waals surface area contributed by atoms with Crippen LogP contribution in [0.1, 0.15) is 18.4 Å². The molecule has 0 amide bonds. The van der Waals surface area contributed by atoms with E-state index in [1.807, 2.05) is 12.1 Å². The van der Waals surface area contributed by atoms with Crippen molar-refractivity contribution in [2.75, 3.05) is 13.1 Å². The molecule has 1 aromatic heterocycles. The van der Waals surface area contributed by atoms with Crippen LogP contribution in [-0.4, -0.2) is 28.8 Å². The number of piperidine rings is 1. The minimum absolute atomic E-state index is 0. The molecule has 1 aliphatic rings. The number of nitrogens with one attached hydrogen (secondary N) is 1. The third-order valence-corrected chi connectivity index (χ3v) is 2.82. The Labute approximate surface area is 108 Å². The molecular weight excluding hydrogens is 247 g/mol. The minimum Gasteiger partial charge on any atom is -0.389 e. The Balaban J connectivity index is 0.00000112. The maximum atomic E-state index is 10.3. The monoisotopic (exact) mass is 264 g/mol. The molecular formula is C11H18Cl2N2O. The zero-order valence-corrected chi connectivity index (χ0v) is 10.7. The lowest BCUT2D eigenvalue weighted by atomic mass is 9.86. The van der Waals surface area contributed by atoms with E-state index in [9.17, 15) is 5.11 Å². The second-order valence-corrected chi connectivity index (χ2v) is 4.01. The van der Waals surface area contributed by atoms with Gasteiger partial charge in [-0.2, -0.15) is 0 Å². The molecule has 1 fully saturated rings. The number of rotatable bonds is 2. The van der Waals surface area contributed by atoms with Crippen molar-refractivity contribution in [3.8, 4) is 0 Å². The lowest BCUT2D eigenvalue weighted by molar-refractivity contribution is 0.0108. The first-order valence-corrected chi connectivity index (χ1v) is 5.11. The van der Waals surface area contributed by atoms with E-state index in [0.29, 0.717) is 0 Å². The van der Waals surface area contributed by atoms with Crippen molar-refractivity contribution in [1.82, 2.24) is 10.3 Å². The molecule has 0 saturated carbocycles. The highest BCUT2D eigenvalue weighted by Crippen LogP contribution is 2.22. The summed E-state index contributed by atoms with van der Waals surface area (Å²) < 4.78 is 0. The normalized spacial score (nSPS) is 18.1. The van der Waals surface area contributed by atoms with Gasteiger partial charge in [-0.05, 0) is 43.6 Å². The smallest absolute Gasteiger partial charge is 0.0712 e. The Morgan fingerprint density at radius 2 is 1.75 bits per heavy atom. The summed E-state index contributed by atoms with van der Waals surface area (Å²) in [6.07, 6.45) is 5.99. The Kier molecular flexibility index (Phi) is 6.91. The molecule has 0 radical (unpaired) electrons. The summed E-state index contributed by atoms with van der Waals surface area (Å²) in [4.78, 5) is 3.97. The lowest BCUT2D eigenvalue weighted by Crippen LogP contribution is -2.43. The molecule has 2 rings (SSSR count).